The van der Waals surface area contributed by atoms with Gasteiger partial charge in [0.1, 0.15) is 22.3 Å². The second-order valence-electron chi connectivity index (χ2n) is 15.4. The van der Waals surface area contributed by atoms with Crippen LogP contribution in [0.4, 0.5) is 34.1 Å². The highest BCUT2D eigenvalue weighted by atomic mass is 16.3. The summed E-state index contributed by atoms with van der Waals surface area (Å²) in [5.41, 5.74) is 12.5. The number of hydrogen-bond donors (Lipinski definition) is 0. The van der Waals surface area contributed by atoms with Gasteiger partial charge in [-0.1, -0.05) is 115 Å². The van der Waals surface area contributed by atoms with Crippen molar-refractivity contribution in [3.05, 3.63) is 218 Å². The fourth-order valence-corrected chi connectivity index (χ4v) is 8.94. The summed E-state index contributed by atoms with van der Waals surface area (Å²) in [6, 6.07) is 77.6. The SMILES string of the molecule is c1ccc(N(c2ccc(-c3ccc4c(ccc5cc(N(c6ccccc6)c6ccc7oc8ccccc8c7c6)ccc54)c3)cc2)c2ccc3oc4ccccc4c3c2)cc1. The second-order valence-corrected chi connectivity index (χ2v) is 15.4. The van der Waals surface area contributed by atoms with E-state index in [2.05, 4.69) is 204 Å². The molecule has 0 atom stereocenters. The number of furan rings is 2. The Morgan fingerprint density at radius 1 is 0.233 bits per heavy atom. The predicted molar refractivity (Wildman–Crippen MR) is 251 cm³/mol. The third-order valence-electron chi connectivity index (χ3n) is 11.8. The minimum atomic E-state index is 0.888. The predicted octanol–water partition coefficient (Wildman–Crippen LogP) is 16.4. The summed E-state index contributed by atoms with van der Waals surface area (Å²) in [6.45, 7) is 0. The Morgan fingerprint density at radius 2 is 0.633 bits per heavy atom. The lowest BCUT2D eigenvalue weighted by Crippen LogP contribution is -2.09. The molecule has 12 rings (SSSR count). The molecule has 0 N–H and O–H groups in total. The van der Waals surface area contributed by atoms with Crippen LogP contribution in [0.25, 0.3) is 76.5 Å². The summed E-state index contributed by atoms with van der Waals surface area (Å²) < 4.78 is 12.3. The molecule has 0 aliphatic carbocycles. The van der Waals surface area contributed by atoms with Crippen LogP contribution >= 0.6 is 0 Å². The molecule has 0 aliphatic rings. The Hall–Kier alpha value is -8.08. The molecule has 0 radical (unpaired) electrons. The average molecular weight is 769 g/mol. The number of fused-ring (bicyclic) bond motifs is 9. The van der Waals surface area contributed by atoms with Gasteiger partial charge in [0.05, 0.1) is 0 Å². The van der Waals surface area contributed by atoms with Crippen molar-refractivity contribution < 1.29 is 8.83 Å². The van der Waals surface area contributed by atoms with Crippen LogP contribution in [0.5, 0.6) is 0 Å². The van der Waals surface area contributed by atoms with Crippen LogP contribution in [0.2, 0.25) is 0 Å². The van der Waals surface area contributed by atoms with E-state index in [1.165, 1.54) is 32.7 Å². The lowest BCUT2D eigenvalue weighted by Gasteiger charge is -2.26. The summed E-state index contributed by atoms with van der Waals surface area (Å²) in [5.74, 6) is 0. The standard InChI is InChI=1S/C56H36N2O2/c1-3-11-41(12-4-1)57(45-27-31-55-51(35-45)49-15-7-9-17-53(49)59-55)43-24-21-37(22-25-43)38-23-29-47-39(33-38)19-20-40-34-44(26-30-48(40)47)58(42-13-5-2-6-14-42)46-28-32-56-52(36-46)50-16-8-10-18-54(50)60-56/h1-36H. The molecule has 2 heterocycles. The van der Waals surface area contributed by atoms with Gasteiger partial charge in [-0.3, -0.25) is 0 Å². The smallest absolute Gasteiger partial charge is 0.135 e. The van der Waals surface area contributed by atoms with E-state index in [0.717, 1.165) is 78.0 Å². The molecule has 4 nitrogen and oxygen atoms in total. The van der Waals surface area contributed by atoms with Crippen molar-refractivity contribution in [3.8, 4) is 11.1 Å². The molecule has 0 fully saturated rings. The highest BCUT2D eigenvalue weighted by Gasteiger charge is 2.18. The van der Waals surface area contributed by atoms with Crippen molar-refractivity contribution in [1.29, 1.82) is 0 Å². The van der Waals surface area contributed by atoms with Crippen molar-refractivity contribution >= 4 is 99.5 Å². The maximum absolute atomic E-state index is 6.18. The summed E-state index contributed by atoms with van der Waals surface area (Å²) in [5, 5.41) is 9.31. The van der Waals surface area contributed by atoms with Gasteiger partial charge in [0.15, 0.2) is 0 Å². The number of rotatable bonds is 7. The molecule has 12 aromatic rings. The molecule has 60 heavy (non-hydrogen) atoms. The van der Waals surface area contributed by atoms with Crippen molar-refractivity contribution in [3.63, 3.8) is 0 Å². The van der Waals surface area contributed by atoms with Crippen LogP contribution in [0, 0.1) is 0 Å². The summed E-state index contributed by atoms with van der Waals surface area (Å²) in [4.78, 5) is 4.64. The molecule has 0 spiro atoms. The Balaban J connectivity index is 0.891. The van der Waals surface area contributed by atoms with Crippen molar-refractivity contribution in [1.82, 2.24) is 0 Å². The normalized spacial score (nSPS) is 11.7. The van der Waals surface area contributed by atoms with Gasteiger partial charge in [-0.05, 0) is 136 Å². The molecule has 2 aromatic heterocycles. The van der Waals surface area contributed by atoms with E-state index in [0.29, 0.717) is 0 Å². The van der Waals surface area contributed by atoms with E-state index in [4.69, 9.17) is 8.83 Å². The first-order chi connectivity index (χ1) is 29.7. The Morgan fingerprint density at radius 3 is 1.22 bits per heavy atom. The molecular weight excluding hydrogens is 733 g/mol. The Labute approximate surface area is 346 Å². The minimum absolute atomic E-state index is 0.888. The summed E-state index contributed by atoms with van der Waals surface area (Å²) in [6.07, 6.45) is 0. The number of nitrogens with zero attached hydrogens (tertiary/aromatic N) is 2. The topological polar surface area (TPSA) is 32.8 Å². The van der Waals surface area contributed by atoms with Gasteiger partial charge in [-0.25, -0.2) is 0 Å². The van der Waals surface area contributed by atoms with Crippen molar-refractivity contribution in [2.75, 3.05) is 9.80 Å². The van der Waals surface area contributed by atoms with E-state index in [1.54, 1.807) is 0 Å². The third kappa shape index (κ3) is 5.69. The monoisotopic (exact) mass is 768 g/mol. The molecular formula is C56H36N2O2. The molecule has 0 unspecified atom stereocenters. The Bertz CT molecular complexity index is 3550. The van der Waals surface area contributed by atoms with Gasteiger partial charge < -0.3 is 18.6 Å². The molecule has 0 bridgehead atoms. The fourth-order valence-electron chi connectivity index (χ4n) is 8.94. The highest BCUT2D eigenvalue weighted by Crippen LogP contribution is 2.42. The highest BCUT2D eigenvalue weighted by molar-refractivity contribution is 6.11. The van der Waals surface area contributed by atoms with Gasteiger partial charge in [-0.2, -0.15) is 0 Å². The van der Waals surface area contributed by atoms with Crippen LogP contribution in [0.3, 0.4) is 0 Å². The number of benzene rings is 10. The van der Waals surface area contributed by atoms with Crippen LogP contribution in [0.1, 0.15) is 0 Å². The van der Waals surface area contributed by atoms with E-state index in [1.807, 2.05) is 24.3 Å². The fraction of sp³-hybridized carbons (Fsp3) is 0. The first kappa shape index (κ1) is 34.0. The van der Waals surface area contributed by atoms with E-state index in [-0.39, 0.29) is 0 Å². The largest absolute Gasteiger partial charge is 0.456 e. The van der Waals surface area contributed by atoms with Crippen LogP contribution in [-0.2, 0) is 0 Å². The molecule has 0 saturated carbocycles. The first-order valence-electron chi connectivity index (χ1n) is 20.3. The maximum atomic E-state index is 6.18. The molecule has 0 aliphatic heterocycles. The zero-order valence-electron chi connectivity index (χ0n) is 32.5. The number of para-hydroxylation sites is 4. The zero-order chi connectivity index (χ0) is 39.6. The minimum Gasteiger partial charge on any atom is -0.456 e. The van der Waals surface area contributed by atoms with Crippen molar-refractivity contribution in [2.45, 2.75) is 0 Å². The van der Waals surface area contributed by atoms with Gasteiger partial charge >= 0.3 is 0 Å². The van der Waals surface area contributed by atoms with E-state index >= 15 is 0 Å². The number of anilines is 6. The van der Waals surface area contributed by atoms with Gasteiger partial charge in [-0.15, -0.1) is 0 Å². The lowest BCUT2D eigenvalue weighted by molar-refractivity contribution is 0.668. The average Bonchev–Trinajstić information content (AvgIpc) is 3.88. The first-order valence-corrected chi connectivity index (χ1v) is 20.3. The summed E-state index contributed by atoms with van der Waals surface area (Å²) >= 11 is 0. The molecule has 10 aromatic carbocycles. The molecule has 4 heteroatoms. The zero-order valence-corrected chi connectivity index (χ0v) is 32.5. The molecule has 282 valence electrons. The van der Waals surface area contributed by atoms with Crippen molar-refractivity contribution in [2.24, 2.45) is 0 Å². The van der Waals surface area contributed by atoms with Gasteiger partial charge in [0.2, 0.25) is 0 Å². The number of hydrogen-bond acceptors (Lipinski definition) is 4. The van der Waals surface area contributed by atoms with E-state index < -0.39 is 0 Å². The van der Waals surface area contributed by atoms with Gasteiger partial charge in [0.25, 0.3) is 0 Å². The van der Waals surface area contributed by atoms with Crippen LogP contribution < -0.4 is 9.80 Å². The van der Waals surface area contributed by atoms with Gasteiger partial charge in [0, 0.05) is 55.7 Å². The quantitative estimate of drug-likeness (QED) is 0.151. The second kappa shape index (κ2) is 13.8. The lowest BCUT2D eigenvalue weighted by atomic mass is 9.96. The maximum Gasteiger partial charge on any atom is 0.135 e. The van der Waals surface area contributed by atoms with Crippen LogP contribution in [0.15, 0.2) is 227 Å². The Kier molecular flexibility index (Phi) is 7.82. The molecule has 0 amide bonds. The third-order valence-corrected chi connectivity index (χ3v) is 11.8. The molecule has 0 saturated heterocycles. The summed E-state index contributed by atoms with van der Waals surface area (Å²) in [7, 11) is 0. The van der Waals surface area contributed by atoms with Crippen LogP contribution in [-0.4, -0.2) is 0 Å². The van der Waals surface area contributed by atoms with E-state index in [9.17, 15) is 0 Å².